The maximum atomic E-state index is 13.0. The highest BCUT2D eigenvalue weighted by Crippen LogP contribution is 2.55. The molecule has 0 bridgehead atoms. The van der Waals surface area contributed by atoms with E-state index in [0.29, 0.717) is 16.9 Å². The van der Waals surface area contributed by atoms with Gasteiger partial charge in [0.15, 0.2) is 0 Å². The zero-order valence-electron chi connectivity index (χ0n) is 11.3. The smallest absolute Gasteiger partial charge is 0.124 e. The van der Waals surface area contributed by atoms with Crippen LogP contribution in [0.25, 0.3) is 0 Å². The van der Waals surface area contributed by atoms with Crippen molar-refractivity contribution in [2.24, 2.45) is 11.8 Å². The van der Waals surface area contributed by atoms with Crippen molar-refractivity contribution < 1.29 is 4.39 Å². The van der Waals surface area contributed by atoms with Crippen molar-refractivity contribution in [3.63, 3.8) is 0 Å². The fourth-order valence-electron chi connectivity index (χ4n) is 2.58. The lowest BCUT2D eigenvalue weighted by atomic mass is 9.95. The van der Waals surface area contributed by atoms with E-state index in [0.717, 1.165) is 25.1 Å². The minimum Gasteiger partial charge on any atom is -0.316 e. The van der Waals surface area contributed by atoms with Crippen LogP contribution in [0, 0.1) is 17.7 Å². The van der Waals surface area contributed by atoms with Gasteiger partial charge >= 0.3 is 0 Å². The molecule has 2 rings (SSSR count). The van der Waals surface area contributed by atoms with E-state index in [1.165, 1.54) is 12.1 Å². The summed E-state index contributed by atoms with van der Waals surface area (Å²) in [5.41, 5.74) is 1.20. The highest BCUT2D eigenvalue weighted by molar-refractivity contribution is 6.31. The SMILES string of the molecule is CC(C)CNCC1CC1(C)c1ccc(F)cc1Cl. The largest absolute Gasteiger partial charge is 0.316 e. The number of nitrogens with one attached hydrogen (secondary N) is 1. The summed E-state index contributed by atoms with van der Waals surface area (Å²) in [5.74, 6) is 1.02. The third-order valence-corrected chi connectivity index (χ3v) is 4.21. The van der Waals surface area contributed by atoms with Crippen molar-refractivity contribution in [3.8, 4) is 0 Å². The molecule has 2 unspecified atom stereocenters. The minimum absolute atomic E-state index is 0.120. The average molecular weight is 270 g/mol. The first-order valence-corrected chi connectivity index (χ1v) is 6.97. The van der Waals surface area contributed by atoms with Crippen molar-refractivity contribution in [1.29, 1.82) is 0 Å². The standard InChI is InChI=1S/C15H21ClFN/c1-10(2)8-18-9-11-7-15(11,3)13-5-4-12(17)6-14(13)16/h4-6,10-11,18H,7-9H2,1-3H3. The monoisotopic (exact) mass is 269 g/mol. The minimum atomic E-state index is -0.262. The lowest BCUT2D eigenvalue weighted by molar-refractivity contribution is 0.515. The van der Waals surface area contributed by atoms with E-state index in [-0.39, 0.29) is 11.2 Å². The van der Waals surface area contributed by atoms with E-state index in [2.05, 4.69) is 26.1 Å². The molecule has 0 aliphatic heterocycles. The Bertz CT molecular complexity index is 433. The Hall–Kier alpha value is -0.600. The van der Waals surface area contributed by atoms with Crippen LogP contribution >= 0.6 is 11.6 Å². The van der Waals surface area contributed by atoms with Crippen LogP contribution in [0.5, 0.6) is 0 Å². The summed E-state index contributed by atoms with van der Waals surface area (Å²) < 4.78 is 13.0. The molecule has 1 aromatic carbocycles. The Morgan fingerprint density at radius 2 is 2.22 bits per heavy atom. The van der Waals surface area contributed by atoms with Gasteiger partial charge in [0.1, 0.15) is 5.82 Å². The van der Waals surface area contributed by atoms with Crippen molar-refractivity contribution in [1.82, 2.24) is 5.32 Å². The number of halogens is 2. The van der Waals surface area contributed by atoms with Crippen LogP contribution in [-0.4, -0.2) is 13.1 Å². The third kappa shape index (κ3) is 2.86. The summed E-state index contributed by atoms with van der Waals surface area (Å²) in [5, 5.41) is 4.04. The molecule has 0 radical (unpaired) electrons. The summed E-state index contributed by atoms with van der Waals surface area (Å²) in [6.45, 7) is 8.69. The summed E-state index contributed by atoms with van der Waals surface area (Å²) in [4.78, 5) is 0. The molecule has 0 saturated heterocycles. The summed E-state index contributed by atoms with van der Waals surface area (Å²) in [7, 11) is 0. The third-order valence-electron chi connectivity index (χ3n) is 3.90. The van der Waals surface area contributed by atoms with Gasteiger partial charge < -0.3 is 5.32 Å². The van der Waals surface area contributed by atoms with E-state index in [1.807, 2.05) is 6.07 Å². The first kappa shape index (κ1) is 13.8. The van der Waals surface area contributed by atoms with Gasteiger partial charge in [0, 0.05) is 5.02 Å². The molecule has 0 aromatic heterocycles. The molecular formula is C15H21ClFN. The van der Waals surface area contributed by atoms with Crippen LogP contribution in [0.2, 0.25) is 5.02 Å². The molecule has 0 spiro atoms. The molecule has 1 aliphatic rings. The first-order valence-electron chi connectivity index (χ1n) is 6.59. The molecule has 1 N–H and O–H groups in total. The van der Waals surface area contributed by atoms with Gasteiger partial charge in [-0.15, -0.1) is 0 Å². The molecule has 1 saturated carbocycles. The number of benzene rings is 1. The first-order chi connectivity index (χ1) is 8.43. The van der Waals surface area contributed by atoms with Crippen LogP contribution in [-0.2, 0) is 5.41 Å². The molecule has 100 valence electrons. The van der Waals surface area contributed by atoms with Gasteiger partial charge in [0.25, 0.3) is 0 Å². The summed E-state index contributed by atoms with van der Waals surface area (Å²) in [6.07, 6.45) is 1.13. The van der Waals surface area contributed by atoms with Gasteiger partial charge in [-0.2, -0.15) is 0 Å². The lowest BCUT2D eigenvalue weighted by Gasteiger charge is -2.15. The van der Waals surface area contributed by atoms with Gasteiger partial charge in [-0.05, 0) is 54.5 Å². The molecular weight excluding hydrogens is 249 g/mol. The predicted octanol–water partition coefficient (Wildman–Crippen LogP) is 4.00. The Morgan fingerprint density at radius 3 is 2.83 bits per heavy atom. The van der Waals surface area contributed by atoms with Gasteiger partial charge in [0.05, 0.1) is 0 Å². The van der Waals surface area contributed by atoms with Crippen LogP contribution in [0.1, 0.15) is 32.8 Å². The van der Waals surface area contributed by atoms with Gasteiger partial charge in [-0.3, -0.25) is 0 Å². The Kier molecular flexibility index (Phi) is 3.98. The number of hydrogen-bond donors (Lipinski definition) is 1. The number of hydrogen-bond acceptors (Lipinski definition) is 1. The average Bonchev–Trinajstić information content (AvgIpc) is 2.89. The molecule has 3 heteroatoms. The second-order valence-corrected chi connectivity index (χ2v) is 6.40. The molecule has 18 heavy (non-hydrogen) atoms. The molecule has 1 aromatic rings. The highest BCUT2D eigenvalue weighted by Gasteiger charge is 2.51. The fourth-order valence-corrected chi connectivity index (χ4v) is 2.96. The fraction of sp³-hybridized carbons (Fsp3) is 0.600. The normalized spacial score (nSPS) is 26.7. The lowest BCUT2D eigenvalue weighted by Crippen LogP contribution is -2.24. The van der Waals surface area contributed by atoms with E-state index in [9.17, 15) is 4.39 Å². The van der Waals surface area contributed by atoms with Gasteiger partial charge in [-0.1, -0.05) is 38.4 Å². The van der Waals surface area contributed by atoms with E-state index in [1.54, 1.807) is 0 Å². The molecule has 0 heterocycles. The molecule has 2 atom stereocenters. The predicted molar refractivity (Wildman–Crippen MR) is 74.6 cm³/mol. The molecule has 1 fully saturated rings. The van der Waals surface area contributed by atoms with Gasteiger partial charge in [-0.25, -0.2) is 4.39 Å². The molecule has 0 amide bonds. The van der Waals surface area contributed by atoms with E-state index >= 15 is 0 Å². The van der Waals surface area contributed by atoms with Crippen molar-refractivity contribution >= 4 is 11.6 Å². The second-order valence-electron chi connectivity index (χ2n) is 5.99. The zero-order valence-corrected chi connectivity index (χ0v) is 12.0. The number of rotatable bonds is 5. The van der Waals surface area contributed by atoms with E-state index < -0.39 is 0 Å². The maximum Gasteiger partial charge on any atom is 0.124 e. The van der Waals surface area contributed by atoms with Crippen molar-refractivity contribution in [2.45, 2.75) is 32.6 Å². The second kappa shape index (κ2) is 5.18. The Labute approximate surface area is 114 Å². The van der Waals surface area contributed by atoms with Crippen LogP contribution in [0.15, 0.2) is 18.2 Å². The van der Waals surface area contributed by atoms with Crippen LogP contribution in [0.3, 0.4) is 0 Å². The summed E-state index contributed by atoms with van der Waals surface area (Å²) >= 11 is 6.14. The highest BCUT2D eigenvalue weighted by atomic mass is 35.5. The molecule has 1 aliphatic carbocycles. The quantitative estimate of drug-likeness (QED) is 0.852. The van der Waals surface area contributed by atoms with E-state index in [4.69, 9.17) is 11.6 Å². The topological polar surface area (TPSA) is 12.0 Å². The van der Waals surface area contributed by atoms with Crippen LogP contribution < -0.4 is 5.32 Å². The zero-order chi connectivity index (χ0) is 13.3. The maximum absolute atomic E-state index is 13.0. The Morgan fingerprint density at radius 1 is 1.50 bits per heavy atom. The molecule has 1 nitrogen and oxygen atoms in total. The van der Waals surface area contributed by atoms with Gasteiger partial charge in [0.2, 0.25) is 0 Å². The van der Waals surface area contributed by atoms with Crippen molar-refractivity contribution in [2.75, 3.05) is 13.1 Å². The summed E-state index contributed by atoms with van der Waals surface area (Å²) in [6, 6.07) is 4.75. The Balaban J connectivity index is 1.98. The van der Waals surface area contributed by atoms with Crippen molar-refractivity contribution in [3.05, 3.63) is 34.6 Å². The van der Waals surface area contributed by atoms with Crippen LogP contribution in [0.4, 0.5) is 4.39 Å².